The zero-order chi connectivity index (χ0) is 21.3. The van der Waals surface area contributed by atoms with Crippen LogP contribution in [0.5, 0.6) is 0 Å². The predicted octanol–water partition coefficient (Wildman–Crippen LogP) is 6.03. The fourth-order valence-electron chi connectivity index (χ4n) is 3.16. The second kappa shape index (κ2) is 10.4. The van der Waals surface area contributed by atoms with Gasteiger partial charge in [-0.05, 0) is 17.7 Å². The van der Waals surface area contributed by atoms with Gasteiger partial charge in [0.25, 0.3) is 11.5 Å². The number of ketones is 1. The molecule has 4 rings (SSSR count). The molecule has 1 heterocycles. The predicted molar refractivity (Wildman–Crippen MR) is 128 cm³/mol. The Labute approximate surface area is 187 Å². The van der Waals surface area contributed by atoms with Crippen LogP contribution in [-0.4, -0.2) is 5.78 Å². The Bertz CT molecular complexity index is 1150. The van der Waals surface area contributed by atoms with Crippen molar-refractivity contribution in [3.63, 3.8) is 0 Å². The van der Waals surface area contributed by atoms with E-state index in [0.717, 1.165) is 16.5 Å². The summed E-state index contributed by atoms with van der Waals surface area (Å²) in [4.78, 5) is 13.7. The van der Waals surface area contributed by atoms with Crippen molar-refractivity contribution in [3.05, 3.63) is 138 Å². The van der Waals surface area contributed by atoms with Crippen molar-refractivity contribution in [2.45, 2.75) is 5.75 Å². The molecule has 0 atom stereocenters. The van der Waals surface area contributed by atoms with Gasteiger partial charge in [0.2, 0.25) is 0 Å². The summed E-state index contributed by atoms with van der Waals surface area (Å²) in [6.07, 6.45) is 3.82. The maximum Gasteiger partial charge on any atom is 0.289 e. The normalized spacial score (nSPS) is 11.5. The number of carbonyl (C=O) groups is 1. The third kappa shape index (κ3) is 5.50. The molecule has 0 saturated carbocycles. The molecule has 0 fully saturated rings. The number of hydrogen-bond donors (Lipinski definition) is 1. The van der Waals surface area contributed by atoms with Crippen LogP contribution >= 0.6 is 11.8 Å². The summed E-state index contributed by atoms with van der Waals surface area (Å²) in [5, 5.41) is 4.31. The molecule has 0 aliphatic heterocycles. The fourth-order valence-corrected chi connectivity index (χ4v) is 4.19. The summed E-state index contributed by atoms with van der Waals surface area (Å²) in [6, 6.07) is 35.4. The molecule has 152 valence electrons. The van der Waals surface area contributed by atoms with Crippen LogP contribution in [0, 0.1) is 0 Å². The Hall–Kier alpha value is -3.63. The molecule has 31 heavy (non-hydrogen) atoms. The van der Waals surface area contributed by atoms with Crippen molar-refractivity contribution < 1.29 is 9.36 Å². The van der Waals surface area contributed by atoms with E-state index in [-0.39, 0.29) is 5.78 Å². The molecule has 0 spiro atoms. The smallest absolute Gasteiger partial charge is 0.289 e. The third-order valence-corrected chi connectivity index (χ3v) is 5.76. The van der Waals surface area contributed by atoms with Crippen molar-refractivity contribution in [3.8, 4) is 0 Å². The molecule has 0 bridgehead atoms. The second-order valence-electron chi connectivity index (χ2n) is 6.92. The van der Waals surface area contributed by atoms with Crippen molar-refractivity contribution in [1.82, 2.24) is 0 Å². The standard InChI is InChI=1S/C27H22N2OS/c30-26(23-15-7-2-8-16-23)25(29-19-11-4-12-20-29)27(28-24-17-9-3-10-18-24)31-21-22-13-5-1-6-14-22/h1-20H,21H2/p+1. The molecule has 1 N–H and O–H groups in total. The monoisotopic (exact) mass is 423 g/mol. The highest BCUT2D eigenvalue weighted by Gasteiger charge is 2.27. The average molecular weight is 424 g/mol. The van der Waals surface area contributed by atoms with Crippen LogP contribution in [0.4, 0.5) is 5.69 Å². The lowest BCUT2D eigenvalue weighted by atomic mass is 10.1. The first-order valence-electron chi connectivity index (χ1n) is 10.1. The van der Waals surface area contributed by atoms with Gasteiger partial charge in [-0.25, -0.2) is 0 Å². The molecular weight excluding hydrogens is 400 g/mol. The van der Waals surface area contributed by atoms with Gasteiger partial charge in [0, 0.05) is 29.1 Å². The van der Waals surface area contributed by atoms with E-state index in [2.05, 4.69) is 17.4 Å². The highest BCUT2D eigenvalue weighted by molar-refractivity contribution is 8.02. The zero-order valence-corrected chi connectivity index (χ0v) is 17.8. The molecule has 0 unspecified atom stereocenters. The molecule has 4 heteroatoms. The van der Waals surface area contributed by atoms with Gasteiger partial charge in [-0.15, -0.1) is 0 Å². The number of pyridine rings is 1. The van der Waals surface area contributed by atoms with E-state index in [1.165, 1.54) is 5.56 Å². The number of thioether (sulfide) groups is 1. The Morgan fingerprint density at radius 2 is 1.26 bits per heavy atom. The molecule has 3 nitrogen and oxygen atoms in total. The Kier molecular flexibility index (Phi) is 6.93. The van der Waals surface area contributed by atoms with Gasteiger partial charge in [-0.2, -0.15) is 4.57 Å². The quantitative estimate of drug-likeness (QED) is 0.213. The number of hydrogen-bond acceptors (Lipinski definition) is 3. The Morgan fingerprint density at radius 1 is 0.710 bits per heavy atom. The molecule has 0 saturated heterocycles. The van der Waals surface area contributed by atoms with E-state index < -0.39 is 0 Å². The molecule has 0 aliphatic carbocycles. The Morgan fingerprint density at radius 3 is 1.90 bits per heavy atom. The molecule has 4 aromatic rings. The van der Waals surface area contributed by atoms with Crippen LogP contribution in [0.2, 0.25) is 0 Å². The van der Waals surface area contributed by atoms with Gasteiger partial charge in [-0.1, -0.05) is 96.7 Å². The Balaban J connectivity index is 1.80. The van der Waals surface area contributed by atoms with E-state index in [1.807, 2.05) is 114 Å². The van der Waals surface area contributed by atoms with Crippen molar-refractivity contribution in [1.29, 1.82) is 0 Å². The van der Waals surface area contributed by atoms with Crippen LogP contribution < -0.4 is 9.88 Å². The first-order valence-corrected chi connectivity index (χ1v) is 11.1. The van der Waals surface area contributed by atoms with Gasteiger partial charge in [0.15, 0.2) is 17.4 Å². The summed E-state index contributed by atoms with van der Waals surface area (Å²) < 4.78 is 1.89. The number of carbonyl (C=O) groups excluding carboxylic acids is 1. The number of nitrogens with zero attached hydrogens (tertiary/aromatic N) is 1. The molecule has 0 amide bonds. The minimum Gasteiger partial charge on any atom is -0.345 e. The van der Waals surface area contributed by atoms with E-state index in [9.17, 15) is 4.79 Å². The molecule has 3 aromatic carbocycles. The van der Waals surface area contributed by atoms with Crippen LogP contribution in [0.15, 0.2) is 127 Å². The van der Waals surface area contributed by atoms with Crippen molar-refractivity contribution in [2.75, 3.05) is 5.32 Å². The first-order chi connectivity index (χ1) is 15.3. The topological polar surface area (TPSA) is 33.0 Å². The number of nitrogens with one attached hydrogen (secondary N) is 1. The SMILES string of the molecule is O=C(/C(=C(\Nc1ccccc1)SCc1ccccc1)[n+]1ccccc1)c1ccccc1. The number of allylic oxidation sites excluding steroid dienone is 1. The van der Waals surface area contributed by atoms with Gasteiger partial charge in [0.05, 0.1) is 0 Å². The number of rotatable bonds is 8. The minimum absolute atomic E-state index is 0.0317. The zero-order valence-electron chi connectivity index (χ0n) is 17.0. The maximum atomic E-state index is 13.7. The van der Waals surface area contributed by atoms with Crippen molar-refractivity contribution in [2.24, 2.45) is 0 Å². The van der Waals surface area contributed by atoms with Crippen LogP contribution in [0.25, 0.3) is 5.70 Å². The van der Waals surface area contributed by atoms with Crippen LogP contribution in [-0.2, 0) is 5.75 Å². The van der Waals surface area contributed by atoms with E-state index in [0.29, 0.717) is 11.3 Å². The summed E-state index contributed by atoms with van der Waals surface area (Å²) in [5.74, 6) is 0.713. The number of Topliss-reactive ketones (excluding diaryl/α,β-unsaturated/α-hetero) is 1. The molecule has 0 radical (unpaired) electrons. The van der Waals surface area contributed by atoms with Gasteiger partial charge < -0.3 is 5.32 Å². The fraction of sp³-hybridized carbons (Fsp3) is 0.0370. The van der Waals surface area contributed by atoms with Gasteiger partial charge in [0.1, 0.15) is 0 Å². The van der Waals surface area contributed by atoms with Crippen LogP contribution in [0.1, 0.15) is 15.9 Å². The van der Waals surface area contributed by atoms with Crippen molar-refractivity contribution >= 4 is 28.9 Å². The lowest BCUT2D eigenvalue weighted by Gasteiger charge is -2.13. The molecule has 0 aliphatic rings. The maximum absolute atomic E-state index is 13.7. The summed E-state index contributed by atoms with van der Waals surface area (Å²) in [5.41, 5.74) is 3.38. The van der Waals surface area contributed by atoms with Gasteiger partial charge >= 0.3 is 0 Å². The van der Waals surface area contributed by atoms with E-state index >= 15 is 0 Å². The highest BCUT2D eigenvalue weighted by atomic mass is 32.2. The highest BCUT2D eigenvalue weighted by Crippen LogP contribution is 2.28. The number of anilines is 1. The molecular formula is C27H23N2OS+. The minimum atomic E-state index is -0.0317. The molecule has 1 aromatic heterocycles. The van der Waals surface area contributed by atoms with Gasteiger partial charge in [-0.3, -0.25) is 4.79 Å². The first kappa shape index (κ1) is 20.6. The number of benzene rings is 3. The summed E-state index contributed by atoms with van der Waals surface area (Å²) in [6.45, 7) is 0. The summed E-state index contributed by atoms with van der Waals surface area (Å²) in [7, 11) is 0. The number of para-hydroxylation sites is 1. The largest absolute Gasteiger partial charge is 0.345 e. The second-order valence-corrected chi connectivity index (χ2v) is 7.91. The van der Waals surface area contributed by atoms with E-state index in [1.54, 1.807) is 11.8 Å². The van der Waals surface area contributed by atoms with Crippen LogP contribution in [0.3, 0.4) is 0 Å². The summed E-state index contributed by atoms with van der Waals surface area (Å²) >= 11 is 1.62. The van der Waals surface area contributed by atoms with E-state index in [4.69, 9.17) is 0 Å². The number of aromatic nitrogens is 1. The average Bonchev–Trinajstić information content (AvgIpc) is 2.85. The lowest BCUT2D eigenvalue weighted by Crippen LogP contribution is -2.37. The lowest BCUT2D eigenvalue weighted by molar-refractivity contribution is -0.577. The third-order valence-electron chi connectivity index (χ3n) is 4.70.